The molecular formula is C20H44P+. The van der Waals surface area contributed by atoms with Gasteiger partial charge in [0.2, 0.25) is 0 Å². The van der Waals surface area contributed by atoms with Crippen molar-refractivity contribution >= 4 is 7.26 Å². The van der Waals surface area contributed by atoms with Gasteiger partial charge in [0.15, 0.2) is 0 Å². The van der Waals surface area contributed by atoms with E-state index in [4.69, 9.17) is 0 Å². The monoisotopic (exact) mass is 315 g/mol. The maximum atomic E-state index is 2.49. The minimum atomic E-state index is -0.581. The molecule has 0 aliphatic carbocycles. The highest BCUT2D eigenvalue weighted by Crippen LogP contribution is 2.60. The van der Waals surface area contributed by atoms with Gasteiger partial charge in [0.05, 0.1) is 24.6 Å². The van der Waals surface area contributed by atoms with E-state index in [0.29, 0.717) is 0 Å². The van der Waals surface area contributed by atoms with Crippen molar-refractivity contribution in [3.8, 4) is 0 Å². The quantitative estimate of drug-likeness (QED) is 0.201. The lowest BCUT2D eigenvalue weighted by Gasteiger charge is -2.26. The van der Waals surface area contributed by atoms with E-state index in [1.807, 2.05) is 0 Å². The van der Waals surface area contributed by atoms with Gasteiger partial charge >= 0.3 is 0 Å². The fraction of sp³-hybridized carbons (Fsp3) is 1.00. The van der Waals surface area contributed by atoms with Crippen molar-refractivity contribution in [2.45, 2.75) is 105 Å². The second kappa shape index (κ2) is 15.3. The van der Waals surface area contributed by atoms with Crippen molar-refractivity contribution in [1.29, 1.82) is 0 Å². The zero-order valence-electron chi connectivity index (χ0n) is 15.8. The molecule has 0 aromatic rings. The molecule has 1 atom stereocenters. The van der Waals surface area contributed by atoms with E-state index in [-0.39, 0.29) is 0 Å². The summed E-state index contributed by atoms with van der Waals surface area (Å²) in [6.07, 6.45) is 23.9. The third-order valence-electron chi connectivity index (χ3n) is 5.09. The van der Waals surface area contributed by atoms with Gasteiger partial charge in [-0.25, -0.2) is 0 Å². The fourth-order valence-corrected chi connectivity index (χ4v) is 7.92. The fourth-order valence-electron chi connectivity index (χ4n) is 3.56. The molecule has 0 aliphatic rings. The van der Waals surface area contributed by atoms with Crippen molar-refractivity contribution < 1.29 is 0 Å². The molecule has 0 rings (SSSR count). The molecule has 0 N–H and O–H groups in total. The second-order valence-electron chi connectivity index (χ2n) is 7.01. The van der Waals surface area contributed by atoms with E-state index in [1.165, 1.54) is 83.2 Å². The predicted molar refractivity (Wildman–Crippen MR) is 104 cm³/mol. The molecule has 1 unspecified atom stereocenters. The van der Waals surface area contributed by atoms with Crippen LogP contribution in [-0.4, -0.2) is 24.6 Å². The minimum absolute atomic E-state index is 0.581. The van der Waals surface area contributed by atoms with E-state index in [1.54, 1.807) is 18.5 Å². The Kier molecular flexibility index (Phi) is 15.6. The summed E-state index contributed by atoms with van der Waals surface area (Å²) in [7, 11) is -0.581. The summed E-state index contributed by atoms with van der Waals surface area (Å²) in [5.74, 6) is 0. The molecular weight excluding hydrogens is 271 g/mol. The van der Waals surface area contributed by atoms with E-state index >= 15 is 0 Å². The summed E-state index contributed by atoms with van der Waals surface area (Å²) in [4.78, 5) is 0. The van der Waals surface area contributed by atoms with Crippen LogP contribution in [0.4, 0.5) is 0 Å². The van der Waals surface area contributed by atoms with Gasteiger partial charge in [0, 0.05) is 7.26 Å². The second-order valence-corrected chi connectivity index (χ2v) is 11.7. The predicted octanol–water partition coefficient (Wildman–Crippen LogP) is 7.76. The van der Waals surface area contributed by atoms with Crippen LogP contribution in [0.5, 0.6) is 0 Å². The van der Waals surface area contributed by atoms with E-state index in [0.717, 1.165) is 0 Å². The zero-order chi connectivity index (χ0) is 15.8. The molecule has 21 heavy (non-hydrogen) atoms. The molecule has 0 heterocycles. The Morgan fingerprint density at radius 3 is 1.24 bits per heavy atom. The Morgan fingerprint density at radius 2 is 0.857 bits per heavy atom. The molecule has 0 spiro atoms. The van der Waals surface area contributed by atoms with Crippen LogP contribution in [0.3, 0.4) is 0 Å². The maximum Gasteiger partial charge on any atom is 0.0594 e. The molecule has 0 bridgehead atoms. The SMILES string of the molecule is CCCCCCCC[P+](CC)(CCC)CCCCCCC. The smallest absolute Gasteiger partial charge is 0.0594 e. The van der Waals surface area contributed by atoms with E-state index in [9.17, 15) is 0 Å². The van der Waals surface area contributed by atoms with Crippen LogP contribution in [0.2, 0.25) is 0 Å². The number of rotatable bonds is 16. The van der Waals surface area contributed by atoms with Crippen molar-refractivity contribution in [3.63, 3.8) is 0 Å². The Balaban J connectivity index is 3.97. The Labute approximate surface area is 137 Å². The topological polar surface area (TPSA) is 0 Å². The number of unbranched alkanes of at least 4 members (excludes halogenated alkanes) is 9. The third kappa shape index (κ3) is 11.6. The van der Waals surface area contributed by atoms with Gasteiger partial charge in [-0.3, -0.25) is 0 Å². The standard InChI is InChI=1S/C20H44P/c1-5-9-11-13-15-17-20-21(8-4,18-7-3)19-16-14-12-10-6-2/h5-20H2,1-4H3/q+1. The van der Waals surface area contributed by atoms with Gasteiger partial charge in [-0.15, -0.1) is 0 Å². The first-order chi connectivity index (χ1) is 10.2. The molecule has 0 amide bonds. The first-order valence-corrected chi connectivity index (χ1v) is 12.6. The lowest BCUT2D eigenvalue weighted by atomic mass is 10.1. The van der Waals surface area contributed by atoms with Gasteiger partial charge in [-0.1, -0.05) is 65.7 Å². The molecule has 0 aliphatic heterocycles. The van der Waals surface area contributed by atoms with E-state index < -0.39 is 7.26 Å². The summed E-state index contributed by atoms with van der Waals surface area (Å²) in [5.41, 5.74) is 0. The van der Waals surface area contributed by atoms with Crippen LogP contribution in [0, 0.1) is 0 Å². The van der Waals surface area contributed by atoms with Crippen LogP contribution in [0.25, 0.3) is 0 Å². The Hall–Kier alpha value is 0.430. The van der Waals surface area contributed by atoms with Crippen LogP contribution in [0.1, 0.15) is 105 Å². The summed E-state index contributed by atoms with van der Waals surface area (Å²) in [6.45, 7) is 9.53. The molecule has 0 aromatic carbocycles. The van der Waals surface area contributed by atoms with Crippen molar-refractivity contribution in [1.82, 2.24) is 0 Å². The van der Waals surface area contributed by atoms with E-state index in [2.05, 4.69) is 27.7 Å². The molecule has 0 saturated carbocycles. The third-order valence-corrected chi connectivity index (χ3v) is 10.4. The average Bonchev–Trinajstić information content (AvgIpc) is 2.50. The van der Waals surface area contributed by atoms with Gasteiger partial charge in [0.1, 0.15) is 0 Å². The van der Waals surface area contributed by atoms with Crippen LogP contribution in [0.15, 0.2) is 0 Å². The molecule has 0 radical (unpaired) electrons. The normalized spacial score (nSPS) is 14.3. The number of hydrogen-bond donors (Lipinski definition) is 0. The van der Waals surface area contributed by atoms with Crippen molar-refractivity contribution in [2.24, 2.45) is 0 Å². The molecule has 0 saturated heterocycles. The molecule has 0 fully saturated rings. The lowest BCUT2D eigenvalue weighted by molar-refractivity contribution is 0.624. The van der Waals surface area contributed by atoms with Crippen LogP contribution < -0.4 is 0 Å². The zero-order valence-corrected chi connectivity index (χ0v) is 16.7. The van der Waals surface area contributed by atoms with Crippen molar-refractivity contribution in [2.75, 3.05) is 24.6 Å². The molecule has 1 heteroatoms. The van der Waals surface area contributed by atoms with Crippen LogP contribution >= 0.6 is 7.26 Å². The largest absolute Gasteiger partial charge is 0.0654 e. The summed E-state index contributed by atoms with van der Waals surface area (Å²) >= 11 is 0. The highest BCUT2D eigenvalue weighted by Gasteiger charge is 2.32. The number of hydrogen-bond acceptors (Lipinski definition) is 0. The lowest BCUT2D eigenvalue weighted by Crippen LogP contribution is -2.11. The van der Waals surface area contributed by atoms with Crippen molar-refractivity contribution in [3.05, 3.63) is 0 Å². The molecule has 0 aromatic heterocycles. The Bertz CT molecular complexity index is 202. The summed E-state index contributed by atoms with van der Waals surface area (Å²) in [5, 5.41) is 0. The highest BCUT2D eigenvalue weighted by molar-refractivity contribution is 7.75. The molecule has 0 nitrogen and oxygen atoms in total. The summed E-state index contributed by atoms with van der Waals surface area (Å²) < 4.78 is 0. The maximum absolute atomic E-state index is 2.49. The van der Waals surface area contributed by atoms with Crippen LogP contribution in [-0.2, 0) is 0 Å². The highest BCUT2D eigenvalue weighted by atomic mass is 31.2. The first-order valence-electron chi connectivity index (χ1n) is 10.1. The average molecular weight is 316 g/mol. The minimum Gasteiger partial charge on any atom is -0.0654 e. The van der Waals surface area contributed by atoms with Gasteiger partial charge < -0.3 is 0 Å². The molecule has 128 valence electrons. The first kappa shape index (κ1) is 21.4. The Morgan fingerprint density at radius 1 is 0.429 bits per heavy atom. The van der Waals surface area contributed by atoms with Gasteiger partial charge in [0.25, 0.3) is 0 Å². The van der Waals surface area contributed by atoms with Gasteiger partial charge in [-0.05, 0) is 39.0 Å². The summed E-state index contributed by atoms with van der Waals surface area (Å²) in [6, 6.07) is 0. The van der Waals surface area contributed by atoms with Gasteiger partial charge in [-0.2, -0.15) is 0 Å².